The lowest BCUT2D eigenvalue weighted by atomic mass is 10.1. The third-order valence-electron chi connectivity index (χ3n) is 3.62. The smallest absolute Gasteiger partial charge is 0.335 e. The van der Waals surface area contributed by atoms with E-state index in [9.17, 15) is 9.59 Å². The van der Waals surface area contributed by atoms with Gasteiger partial charge in [-0.15, -0.1) is 0 Å². The van der Waals surface area contributed by atoms with Gasteiger partial charge in [-0.2, -0.15) is 0 Å². The van der Waals surface area contributed by atoms with Crippen LogP contribution in [0.4, 0.5) is 0 Å². The maximum Gasteiger partial charge on any atom is 0.335 e. The fraction of sp³-hybridized carbons (Fsp3) is 0.263. The highest BCUT2D eigenvalue weighted by Gasteiger charge is 2.07. The predicted octanol–water partition coefficient (Wildman–Crippen LogP) is 2.74. The van der Waals surface area contributed by atoms with E-state index < -0.39 is 5.97 Å². The average molecular weight is 327 g/mol. The maximum atomic E-state index is 11.9. The zero-order chi connectivity index (χ0) is 17.5. The number of aromatic carboxylic acids is 1. The van der Waals surface area contributed by atoms with Gasteiger partial charge in [0.05, 0.1) is 18.5 Å². The monoisotopic (exact) mass is 327 g/mol. The Morgan fingerprint density at radius 1 is 1.08 bits per heavy atom. The van der Waals surface area contributed by atoms with Crippen LogP contribution in [-0.2, 0) is 11.2 Å². The molecule has 2 aromatic carbocycles. The van der Waals surface area contributed by atoms with Gasteiger partial charge in [-0.1, -0.05) is 30.3 Å². The fourth-order valence-electron chi connectivity index (χ4n) is 2.43. The summed E-state index contributed by atoms with van der Waals surface area (Å²) in [5, 5.41) is 11.7. The van der Waals surface area contributed by atoms with Gasteiger partial charge in [0.25, 0.3) is 0 Å². The number of hydrogen-bond acceptors (Lipinski definition) is 3. The Bertz CT molecular complexity index is 720. The molecule has 0 saturated carbocycles. The summed E-state index contributed by atoms with van der Waals surface area (Å²) >= 11 is 0. The second kappa shape index (κ2) is 8.15. The third-order valence-corrected chi connectivity index (χ3v) is 3.62. The highest BCUT2D eigenvalue weighted by atomic mass is 16.5. The SMILES string of the molecule is Cc1cccc(C)c1OCCNC(=O)Cc1cccc(C(=O)O)c1. The minimum atomic E-state index is -1.00. The van der Waals surface area contributed by atoms with Gasteiger partial charge in [0, 0.05) is 0 Å². The lowest BCUT2D eigenvalue weighted by Crippen LogP contribution is -2.29. The van der Waals surface area contributed by atoms with Crippen LogP contribution in [0.25, 0.3) is 0 Å². The van der Waals surface area contributed by atoms with Crippen LogP contribution in [0.2, 0.25) is 0 Å². The van der Waals surface area contributed by atoms with Crippen molar-refractivity contribution in [2.45, 2.75) is 20.3 Å². The molecular weight excluding hydrogens is 306 g/mol. The van der Waals surface area contributed by atoms with Crippen molar-refractivity contribution in [1.29, 1.82) is 0 Å². The third kappa shape index (κ3) is 4.84. The number of carboxylic acid groups (broad SMARTS) is 1. The van der Waals surface area contributed by atoms with Gasteiger partial charge < -0.3 is 15.2 Å². The molecule has 0 heterocycles. The van der Waals surface area contributed by atoms with E-state index in [2.05, 4.69) is 5.32 Å². The van der Waals surface area contributed by atoms with Crippen molar-refractivity contribution in [3.63, 3.8) is 0 Å². The van der Waals surface area contributed by atoms with Gasteiger partial charge in [-0.25, -0.2) is 4.79 Å². The molecule has 0 unspecified atom stereocenters. The summed E-state index contributed by atoms with van der Waals surface area (Å²) in [6.45, 7) is 4.74. The van der Waals surface area contributed by atoms with E-state index in [1.54, 1.807) is 12.1 Å². The number of para-hydroxylation sites is 1. The Kier molecular flexibility index (Phi) is 5.95. The number of hydrogen-bond donors (Lipinski definition) is 2. The molecule has 5 nitrogen and oxygen atoms in total. The van der Waals surface area contributed by atoms with Crippen LogP contribution in [0.5, 0.6) is 5.75 Å². The molecule has 0 bridgehead atoms. The van der Waals surface area contributed by atoms with Crippen LogP contribution in [0.3, 0.4) is 0 Å². The molecule has 2 aromatic rings. The maximum absolute atomic E-state index is 11.9. The summed E-state index contributed by atoms with van der Waals surface area (Å²) in [4.78, 5) is 22.8. The Labute approximate surface area is 141 Å². The highest BCUT2D eigenvalue weighted by molar-refractivity contribution is 5.88. The number of benzene rings is 2. The summed E-state index contributed by atoms with van der Waals surface area (Å²) in [5.74, 6) is -0.317. The summed E-state index contributed by atoms with van der Waals surface area (Å²) in [6, 6.07) is 12.3. The first-order valence-corrected chi connectivity index (χ1v) is 7.75. The number of carbonyl (C=O) groups excluding carboxylic acids is 1. The van der Waals surface area contributed by atoms with Gasteiger partial charge in [0.1, 0.15) is 12.4 Å². The molecule has 0 aliphatic rings. The number of nitrogens with one attached hydrogen (secondary N) is 1. The van der Waals surface area contributed by atoms with E-state index >= 15 is 0 Å². The fourth-order valence-corrected chi connectivity index (χ4v) is 2.43. The molecule has 0 fully saturated rings. The Morgan fingerprint density at radius 3 is 2.42 bits per heavy atom. The van der Waals surface area contributed by atoms with Crippen LogP contribution in [-0.4, -0.2) is 30.1 Å². The molecule has 126 valence electrons. The summed E-state index contributed by atoms with van der Waals surface area (Å²) in [5.41, 5.74) is 2.97. The first kappa shape index (κ1) is 17.5. The number of aryl methyl sites for hydroxylation is 2. The summed E-state index contributed by atoms with van der Waals surface area (Å²) in [7, 11) is 0. The largest absolute Gasteiger partial charge is 0.491 e. The van der Waals surface area contributed by atoms with Crippen LogP contribution < -0.4 is 10.1 Å². The normalized spacial score (nSPS) is 10.2. The van der Waals surface area contributed by atoms with E-state index in [0.29, 0.717) is 18.7 Å². The zero-order valence-electron chi connectivity index (χ0n) is 13.8. The zero-order valence-corrected chi connectivity index (χ0v) is 13.8. The van der Waals surface area contributed by atoms with Crippen molar-refractivity contribution in [1.82, 2.24) is 5.32 Å². The first-order chi connectivity index (χ1) is 11.5. The number of amides is 1. The lowest BCUT2D eigenvalue weighted by molar-refractivity contribution is -0.120. The first-order valence-electron chi connectivity index (χ1n) is 7.75. The van der Waals surface area contributed by atoms with Gasteiger partial charge in [-0.05, 0) is 42.7 Å². The van der Waals surface area contributed by atoms with E-state index in [-0.39, 0.29) is 17.9 Å². The molecule has 1 amide bonds. The van der Waals surface area contributed by atoms with Crippen molar-refractivity contribution < 1.29 is 19.4 Å². The highest BCUT2D eigenvalue weighted by Crippen LogP contribution is 2.21. The second-order valence-corrected chi connectivity index (χ2v) is 5.60. The molecule has 0 aliphatic carbocycles. The van der Waals surface area contributed by atoms with Crippen molar-refractivity contribution in [2.75, 3.05) is 13.2 Å². The minimum Gasteiger partial charge on any atom is -0.491 e. The van der Waals surface area contributed by atoms with E-state index in [1.165, 1.54) is 12.1 Å². The van der Waals surface area contributed by atoms with Crippen LogP contribution >= 0.6 is 0 Å². The second-order valence-electron chi connectivity index (χ2n) is 5.60. The molecule has 0 atom stereocenters. The number of carbonyl (C=O) groups is 2. The minimum absolute atomic E-state index is 0.143. The Hall–Kier alpha value is -2.82. The average Bonchev–Trinajstić information content (AvgIpc) is 2.54. The van der Waals surface area contributed by atoms with Crippen molar-refractivity contribution in [3.8, 4) is 5.75 Å². The van der Waals surface area contributed by atoms with Gasteiger partial charge in [0.2, 0.25) is 5.91 Å². The molecule has 2 rings (SSSR count). The van der Waals surface area contributed by atoms with Crippen molar-refractivity contribution in [2.24, 2.45) is 0 Å². The van der Waals surface area contributed by atoms with E-state index in [0.717, 1.165) is 16.9 Å². The molecular formula is C19H21NO4. The predicted molar refractivity (Wildman–Crippen MR) is 91.5 cm³/mol. The number of rotatable bonds is 7. The molecule has 0 saturated heterocycles. The van der Waals surface area contributed by atoms with Crippen LogP contribution in [0.1, 0.15) is 27.0 Å². The van der Waals surface area contributed by atoms with Gasteiger partial charge in [0.15, 0.2) is 0 Å². The van der Waals surface area contributed by atoms with E-state index in [1.807, 2.05) is 32.0 Å². The quantitative estimate of drug-likeness (QED) is 0.767. The standard InChI is InChI=1S/C19H21NO4/c1-13-5-3-6-14(2)18(13)24-10-9-20-17(21)12-15-7-4-8-16(11-15)19(22)23/h3-8,11H,9-10,12H2,1-2H3,(H,20,21)(H,22,23). The number of ether oxygens (including phenoxy) is 1. The van der Waals surface area contributed by atoms with Crippen molar-refractivity contribution in [3.05, 3.63) is 64.7 Å². The Balaban J connectivity index is 1.79. The number of carboxylic acids is 1. The lowest BCUT2D eigenvalue weighted by Gasteiger charge is -2.12. The molecule has 0 spiro atoms. The molecule has 0 aromatic heterocycles. The van der Waals surface area contributed by atoms with Crippen molar-refractivity contribution >= 4 is 11.9 Å². The van der Waals surface area contributed by atoms with Crippen LogP contribution in [0, 0.1) is 13.8 Å². The van der Waals surface area contributed by atoms with Gasteiger partial charge in [-0.3, -0.25) is 4.79 Å². The Morgan fingerprint density at radius 2 is 1.75 bits per heavy atom. The van der Waals surface area contributed by atoms with Gasteiger partial charge >= 0.3 is 5.97 Å². The topological polar surface area (TPSA) is 75.6 Å². The summed E-state index contributed by atoms with van der Waals surface area (Å²) in [6.07, 6.45) is 0.143. The molecule has 0 aliphatic heterocycles. The molecule has 5 heteroatoms. The molecule has 0 radical (unpaired) electrons. The van der Waals surface area contributed by atoms with E-state index in [4.69, 9.17) is 9.84 Å². The molecule has 2 N–H and O–H groups in total. The summed E-state index contributed by atoms with van der Waals surface area (Å²) < 4.78 is 5.73. The molecule has 24 heavy (non-hydrogen) atoms. The van der Waals surface area contributed by atoms with Crippen LogP contribution in [0.15, 0.2) is 42.5 Å².